The average molecular weight is 260 g/mol. The zero-order valence-electron chi connectivity index (χ0n) is 11.9. The summed E-state index contributed by atoms with van der Waals surface area (Å²) in [4.78, 5) is 8.51. The fourth-order valence-electron chi connectivity index (χ4n) is 2.27. The number of aromatic nitrogens is 3. The van der Waals surface area contributed by atoms with Crippen LogP contribution in [0, 0.1) is 13.8 Å². The van der Waals surface area contributed by atoms with Crippen molar-refractivity contribution in [2.75, 3.05) is 5.32 Å². The second kappa shape index (κ2) is 5.82. The molecule has 2 aromatic rings. The smallest absolute Gasteiger partial charge is 0.139 e. The predicted molar refractivity (Wildman–Crippen MR) is 74.0 cm³/mol. The quantitative estimate of drug-likeness (QED) is 0.894. The van der Waals surface area contributed by atoms with Crippen molar-refractivity contribution < 1.29 is 4.52 Å². The molecule has 0 aromatic carbocycles. The third kappa shape index (κ3) is 3.10. The number of hydrogen-bond donors (Lipinski definition) is 1. The average Bonchev–Trinajstić information content (AvgIpc) is 2.70. The standard InChI is InChI=1S/C14H20N4O/c1-5-6-12-7-13(16-8-15-12)17-9(2)14-10(3)18-19-11(14)4/h7-9H,5-6H2,1-4H3,(H,15,16,17). The highest BCUT2D eigenvalue weighted by Crippen LogP contribution is 2.24. The summed E-state index contributed by atoms with van der Waals surface area (Å²) in [5.41, 5.74) is 3.07. The van der Waals surface area contributed by atoms with E-state index in [0.717, 1.165) is 41.4 Å². The molecule has 2 rings (SSSR count). The Balaban J connectivity index is 2.14. The van der Waals surface area contributed by atoms with E-state index < -0.39 is 0 Å². The summed E-state index contributed by atoms with van der Waals surface area (Å²) in [5.74, 6) is 1.69. The van der Waals surface area contributed by atoms with Crippen LogP contribution in [-0.4, -0.2) is 15.1 Å². The summed E-state index contributed by atoms with van der Waals surface area (Å²) in [6, 6.07) is 2.11. The van der Waals surface area contributed by atoms with Crippen molar-refractivity contribution in [2.24, 2.45) is 0 Å². The molecule has 0 spiro atoms. The minimum atomic E-state index is 0.107. The summed E-state index contributed by atoms with van der Waals surface area (Å²) < 4.78 is 5.19. The Morgan fingerprint density at radius 3 is 2.74 bits per heavy atom. The second-order valence-corrected chi connectivity index (χ2v) is 4.75. The van der Waals surface area contributed by atoms with E-state index in [1.54, 1.807) is 6.33 Å². The van der Waals surface area contributed by atoms with Crippen LogP contribution in [0.3, 0.4) is 0 Å². The Morgan fingerprint density at radius 2 is 2.11 bits per heavy atom. The lowest BCUT2D eigenvalue weighted by Gasteiger charge is -2.14. The van der Waals surface area contributed by atoms with Gasteiger partial charge in [0.1, 0.15) is 17.9 Å². The summed E-state index contributed by atoms with van der Waals surface area (Å²) in [5, 5.41) is 7.35. The fourth-order valence-corrected chi connectivity index (χ4v) is 2.27. The first kappa shape index (κ1) is 13.5. The minimum absolute atomic E-state index is 0.107. The van der Waals surface area contributed by atoms with E-state index in [1.165, 1.54) is 0 Å². The Hall–Kier alpha value is -1.91. The second-order valence-electron chi connectivity index (χ2n) is 4.75. The van der Waals surface area contributed by atoms with Crippen molar-refractivity contribution in [3.05, 3.63) is 35.1 Å². The van der Waals surface area contributed by atoms with Gasteiger partial charge in [-0.05, 0) is 27.2 Å². The molecule has 0 saturated carbocycles. The molecule has 0 radical (unpaired) electrons. The topological polar surface area (TPSA) is 63.8 Å². The van der Waals surface area contributed by atoms with Crippen LogP contribution >= 0.6 is 0 Å². The maximum absolute atomic E-state index is 5.19. The fraction of sp³-hybridized carbons (Fsp3) is 0.500. The van der Waals surface area contributed by atoms with Crippen LogP contribution in [0.2, 0.25) is 0 Å². The van der Waals surface area contributed by atoms with Gasteiger partial charge in [0.15, 0.2) is 0 Å². The van der Waals surface area contributed by atoms with Crippen LogP contribution in [0.4, 0.5) is 5.82 Å². The summed E-state index contributed by atoms with van der Waals surface area (Å²) >= 11 is 0. The number of hydrogen-bond acceptors (Lipinski definition) is 5. The lowest BCUT2D eigenvalue weighted by Crippen LogP contribution is -2.10. The number of anilines is 1. The van der Waals surface area contributed by atoms with E-state index in [1.807, 2.05) is 19.9 Å². The summed E-state index contributed by atoms with van der Waals surface area (Å²) in [6.07, 6.45) is 3.65. The molecule has 5 nitrogen and oxygen atoms in total. The van der Waals surface area contributed by atoms with E-state index in [4.69, 9.17) is 4.52 Å². The molecular formula is C14H20N4O. The van der Waals surface area contributed by atoms with Crippen LogP contribution in [-0.2, 0) is 6.42 Å². The van der Waals surface area contributed by atoms with Gasteiger partial charge in [-0.25, -0.2) is 9.97 Å². The van der Waals surface area contributed by atoms with Gasteiger partial charge in [0, 0.05) is 17.3 Å². The van der Waals surface area contributed by atoms with E-state index in [-0.39, 0.29) is 6.04 Å². The Kier molecular flexibility index (Phi) is 4.14. The van der Waals surface area contributed by atoms with E-state index in [9.17, 15) is 0 Å². The molecule has 5 heteroatoms. The Bertz CT molecular complexity index is 531. The van der Waals surface area contributed by atoms with Crippen LogP contribution in [0.1, 0.15) is 49.0 Å². The molecule has 2 aromatic heterocycles. The first-order valence-electron chi connectivity index (χ1n) is 6.62. The molecule has 0 fully saturated rings. The molecule has 0 saturated heterocycles. The van der Waals surface area contributed by atoms with Gasteiger partial charge in [-0.1, -0.05) is 18.5 Å². The summed E-state index contributed by atoms with van der Waals surface area (Å²) in [7, 11) is 0. The van der Waals surface area contributed by atoms with E-state index in [2.05, 4.69) is 34.3 Å². The van der Waals surface area contributed by atoms with Crippen molar-refractivity contribution in [2.45, 2.75) is 46.6 Å². The highest BCUT2D eigenvalue weighted by atomic mass is 16.5. The van der Waals surface area contributed by atoms with Gasteiger partial charge in [0.25, 0.3) is 0 Å². The van der Waals surface area contributed by atoms with Crippen molar-refractivity contribution >= 4 is 5.82 Å². The SMILES string of the molecule is CCCc1cc(NC(C)c2c(C)noc2C)ncn1. The first-order chi connectivity index (χ1) is 9.11. The zero-order valence-corrected chi connectivity index (χ0v) is 11.9. The molecule has 0 aliphatic rings. The lowest BCUT2D eigenvalue weighted by atomic mass is 10.1. The number of aryl methyl sites for hydroxylation is 3. The van der Waals surface area contributed by atoms with Gasteiger partial charge in [0.2, 0.25) is 0 Å². The normalized spacial score (nSPS) is 12.4. The molecule has 1 N–H and O–H groups in total. The minimum Gasteiger partial charge on any atom is -0.363 e. The molecule has 1 atom stereocenters. The van der Waals surface area contributed by atoms with Gasteiger partial charge in [-0.3, -0.25) is 0 Å². The maximum atomic E-state index is 5.19. The van der Waals surface area contributed by atoms with Crippen LogP contribution in [0.25, 0.3) is 0 Å². The van der Waals surface area contributed by atoms with Crippen LogP contribution in [0.15, 0.2) is 16.9 Å². The maximum Gasteiger partial charge on any atom is 0.139 e. The molecule has 0 amide bonds. The highest BCUT2D eigenvalue weighted by molar-refractivity contribution is 5.40. The predicted octanol–water partition coefficient (Wildman–Crippen LogP) is 3.21. The van der Waals surface area contributed by atoms with Crippen LogP contribution < -0.4 is 5.32 Å². The number of nitrogens with one attached hydrogen (secondary N) is 1. The molecule has 0 bridgehead atoms. The van der Waals surface area contributed by atoms with E-state index in [0.29, 0.717) is 0 Å². The molecule has 0 aliphatic heterocycles. The molecule has 19 heavy (non-hydrogen) atoms. The Labute approximate surface area is 113 Å². The highest BCUT2D eigenvalue weighted by Gasteiger charge is 2.16. The van der Waals surface area contributed by atoms with Crippen molar-refractivity contribution in [1.82, 2.24) is 15.1 Å². The van der Waals surface area contributed by atoms with Crippen molar-refractivity contribution in [3.63, 3.8) is 0 Å². The molecular weight excluding hydrogens is 240 g/mol. The van der Waals surface area contributed by atoms with Gasteiger partial charge in [-0.2, -0.15) is 0 Å². The lowest BCUT2D eigenvalue weighted by molar-refractivity contribution is 0.392. The van der Waals surface area contributed by atoms with Crippen molar-refractivity contribution in [1.29, 1.82) is 0 Å². The third-order valence-corrected chi connectivity index (χ3v) is 3.12. The number of rotatable bonds is 5. The van der Waals surface area contributed by atoms with Crippen molar-refractivity contribution in [3.8, 4) is 0 Å². The summed E-state index contributed by atoms with van der Waals surface area (Å²) in [6.45, 7) is 8.10. The van der Waals surface area contributed by atoms with Gasteiger partial charge in [0.05, 0.1) is 11.7 Å². The van der Waals surface area contributed by atoms with Gasteiger partial charge in [-0.15, -0.1) is 0 Å². The molecule has 102 valence electrons. The largest absolute Gasteiger partial charge is 0.363 e. The Morgan fingerprint density at radius 1 is 1.32 bits per heavy atom. The number of nitrogens with zero attached hydrogens (tertiary/aromatic N) is 3. The first-order valence-corrected chi connectivity index (χ1v) is 6.62. The van der Waals surface area contributed by atoms with Gasteiger partial charge < -0.3 is 9.84 Å². The van der Waals surface area contributed by atoms with Crippen LogP contribution in [0.5, 0.6) is 0 Å². The third-order valence-electron chi connectivity index (χ3n) is 3.12. The zero-order chi connectivity index (χ0) is 13.8. The molecule has 2 heterocycles. The van der Waals surface area contributed by atoms with E-state index >= 15 is 0 Å². The monoisotopic (exact) mass is 260 g/mol. The molecule has 0 aliphatic carbocycles. The van der Waals surface area contributed by atoms with Gasteiger partial charge >= 0.3 is 0 Å². The molecule has 1 unspecified atom stereocenters.